The van der Waals surface area contributed by atoms with Gasteiger partial charge in [-0.1, -0.05) is 12.1 Å². The van der Waals surface area contributed by atoms with E-state index in [1.54, 1.807) is 16.3 Å². The molecule has 2 heterocycles. The lowest BCUT2D eigenvalue weighted by Crippen LogP contribution is -2.43. The van der Waals surface area contributed by atoms with Crippen LogP contribution in [0.25, 0.3) is 11.0 Å². The Kier molecular flexibility index (Phi) is 3.79. The van der Waals surface area contributed by atoms with Crippen molar-refractivity contribution in [1.29, 1.82) is 0 Å². The second kappa shape index (κ2) is 5.72. The summed E-state index contributed by atoms with van der Waals surface area (Å²) in [4.78, 5) is 26.5. The Bertz CT molecular complexity index is 672. The third-order valence-corrected chi connectivity index (χ3v) is 4.29. The van der Waals surface area contributed by atoms with Gasteiger partial charge in [0.15, 0.2) is 0 Å². The van der Waals surface area contributed by atoms with Crippen LogP contribution in [0.5, 0.6) is 0 Å². The first-order valence-corrected chi connectivity index (χ1v) is 7.67. The van der Waals surface area contributed by atoms with Crippen molar-refractivity contribution < 1.29 is 4.79 Å². The van der Waals surface area contributed by atoms with E-state index in [1.165, 1.54) is 0 Å². The summed E-state index contributed by atoms with van der Waals surface area (Å²) in [6.45, 7) is 0.915. The molecule has 2 aromatic rings. The summed E-state index contributed by atoms with van der Waals surface area (Å²) in [6.07, 6.45) is 0. The lowest BCUT2D eigenvalue weighted by atomic mass is 10.3. The lowest BCUT2D eigenvalue weighted by Gasteiger charge is -2.10. The van der Waals surface area contributed by atoms with Crippen LogP contribution in [0, 0.1) is 0 Å². The number of nitrogens with zero attached hydrogens (tertiary/aromatic N) is 1. The molecule has 0 spiro atoms. The SMILES string of the molecule is O=C(NCCn1c(=O)[nH]c2ccccc21)C1CSCN1. The van der Waals surface area contributed by atoms with E-state index >= 15 is 0 Å². The molecular formula is C13H16N4O2S. The fraction of sp³-hybridized carbons (Fsp3) is 0.385. The van der Waals surface area contributed by atoms with E-state index in [-0.39, 0.29) is 17.6 Å². The third kappa shape index (κ3) is 2.59. The highest BCUT2D eigenvalue weighted by Gasteiger charge is 2.21. The maximum absolute atomic E-state index is 11.8. The molecule has 3 rings (SSSR count). The number of aromatic nitrogens is 2. The Balaban J connectivity index is 1.64. The molecular weight excluding hydrogens is 276 g/mol. The van der Waals surface area contributed by atoms with Gasteiger partial charge in [-0.15, -0.1) is 11.8 Å². The van der Waals surface area contributed by atoms with Crippen molar-refractivity contribution in [2.45, 2.75) is 12.6 Å². The summed E-state index contributed by atoms with van der Waals surface area (Å²) in [6, 6.07) is 7.42. The molecule has 1 saturated heterocycles. The van der Waals surface area contributed by atoms with Crippen molar-refractivity contribution in [2.75, 3.05) is 18.2 Å². The first-order valence-electron chi connectivity index (χ1n) is 6.52. The molecule has 0 bridgehead atoms. The Labute approximate surface area is 119 Å². The molecule has 1 aliphatic heterocycles. The van der Waals surface area contributed by atoms with Crippen LogP contribution in [-0.2, 0) is 11.3 Å². The summed E-state index contributed by atoms with van der Waals surface area (Å²) >= 11 is 1.71. The fourth-order valence-electron chi connectivity index (χ4n) is 2.31. The number of H-pyrrole nitrogens is 1. The van der Waals surface area contributed by atoms with Gasteiger partial charge < -0.3 is 10.3 Å². The van der Waals surface area contributed by atoms with Gasteiger partial charge in [0.05, 0.1) is 17.1 Å². The molecule has 1 fully saturated rings. The summed E-state index contributed by atoms with van der Waals surface area (Å²) in [7, 11) is 0. The van der Waals surface area contributed by atoms with Crippen molar-refractivity contribution in [3.05, 3.63) is 34.7 Å². The first kappa shape index (κ1) is 13.3. The zero-order valence-corrected chi connectivity index (χ0v) is 11.7. The van der Waals surface area contributed by atoms with Crippen LogP contribution in [0.2, 0.25) is 0 Å². The highest BCUT2D eigenvalue weighted by atomic mass is 32.2. The maximum Gasteiger partial charge on any atom is 0.326 e. The standard InChI is InChI=1S/C13H16N4O2S/c18-12(10-7-20-8-15-10)14-5-6-17-11-4-2-1-3-9(11)16-13(17)19/h1-4,10,15H,5-8H2,(H,14,18)(H,16,19). The number of rotatable bonds is 4. The number of carbonyl (C=O) groups excluding carboxylic acids is 1. The van der Waals surface area contributed by atoms with Crippen LogP contribution >= 0.6 is 11.8 Å². The Hall–Kier alpha value is -1.73. The molecule has 1 unspecified atom stereocenters. The quantitative estimate of drug-likeness (QED) is 0.747. The number of benzene rings is 1. The number of nitrogens with one attached hydrogen (secondary N) is 3. The molecule has 0 aliphatic carbocycles. The van der Waals surface area contributed by atoms with E-state index in [2.05, 4.69) is 15.6 Å². The Morgan fingerprint density at radius 2 is 2.30 bits per heavy atom. The van der Waals surface area contributed by atoms with E-state index in [0.717, 1.165) is 22.7 Å². The smallest absolute Gasteiger partial charge is 0.326 e. The van der Waals surface area contributed by atoms with Gasteiger partial charge in [0.2, 0.25) is 5.91 Å². The molecule has 0 radical (unpaired) electrons. The number of carbonyl (C=O) groups is 1. The average Bonchev–Trinajstić information content (AvgIpc) is 3.07. The van der Waals surface area contributed by atoms with Crippen LogP contribution in [0.1, 0.15) is 0 Å². The third-order valence-electron chi connectivity index (χ3n) is 3.35. The van der Waals surface area contributed by atoms with Gasteiger partial charge in [0.1, 0.15) is 0 Å². The number of aromatic amines is 1. The number of para-hydroxylation sites is 2. The predicted molar refractivity (Wildman–Crippen MR) is 79.8 cm³/mol. The summed E-state index contributed by atoms with van der Waals surface area (Å²) < 4.78 is 1.65. The lowest BCUT2D eigenvalue weighted by molar-refractivity contribution is -0.122. The van der Waals surface area contributed by atoms with Crippen LogP contribution < -0.4 is 16.3 Å². The van der Waals surface area contributed by atoms with Gasteiger partial charge in [0.25, 0.3) is 0 Å². The van der Waals surface area contributed by atoms with E-state index in [1.807, 2.05) is 24.3 Å². The van der Waals surface area contributed by atoms with Crippen LogP contribution in [0.4, 0.5) is 0 Å². The minimum absolute atomic E-state index is 0.00268. The Morgan fingerprint density at radius 3 is 3.10 bits per heavy atom. The molecule has 20 heavy (non-hydrogen) atoms. The van der Waals surface area contributed by atoms with Gasteiger partial charge in [-0.3, -0.25) is 14.7 Å². The maximum atomic E-state index is 11.8. The normalized spacial score (nSPS) is 18.5. The largest absolute Gasteiger partial charge is 0.353 e. The van der Waals surface area contributed by atoms with Gasteiger partial charge in [0, 0.05) is 24.7 Å². The summed E-state index contributed by atoms with van der Waals surface area (Å²) in [5.41, 5.74) is 1.54. The van der Waals surface area contributed by atoms with Gasteiger partial charge in [-0.2, -0.15) is 0 Å². The fourth-order valence-corrected chi connectivity index (χ4v) is 3.25. The van der Waals surface area contributed by atoms with E-state index in [0.29, 0.717) is 13.1 Å². The number of hydrogen-bond donors (Lipinski definition) is 3. The van der Waals surface area contributed by atoms with Crippen molar-refractivity contribution in [1.82, 2.24) is 20.2 Å². The number of thioether (sulfide) groups is 1. The van der Waals surface area contributed by atoms with Gasteiger partial charge >= 0.3 is 5.69 Å². The molecule has 1 aromatic carbocycles. The van der Waals surface area contributed by atoms with Crippen molar-refractivity contribution in [2.24, 2.45) is 0 Å². The minimum Gasteiger partial charge on any atom is -0.353 e. The van der Waals surface area contributed by atoms with E-state index in [9.17, 15) is 9.59 Å². The molecule has 106 valence electrons. The molecule has 1 aromatic heterocycles. The van der Waals surface area contributed by atoms with Crippen molar-refractivity contribution in [3.8, 4) is 0 Å². The average molecular weight is 292 g/mol. The van der Waals surface area contributed by atoms with Crippen molar-refractivity contribution in [3.63, 3.8) is 0 Å². The number of amides is 1. The second-order valence-electron chi connectivity index (χ2n) is 4.66. The minimum atomic E-state index is -0.144. The van der Waals surface area contributed by atoms with E-state index < -0.39 is 0 Å². The Morgan fingerprint density at radius 1 is 1.45 bits per heavy atom. The number of hydrogen-bond acceptors (Lipinski definition) is 4. The van der Waals surface area contributed by atoms with Crippen LogP contribution in [0.15, 0.2) is 29.1 Å². The van der Waals surface area contributed by atoms with Crippen LogP contribution in [-0.4, -0.2) is 39.7 Å². The zero-order chi connectivity index (χ0) is 13.9. The molecule has 0 saturated carbocycles. The number of fused-ring (bicyclic) bond motifs is 1. The first-order chi connectivity index (χ1) is 9.75. The molecule has 1 aliphatic rings. The second-order valence-corrected chi connectivity index (χ2v) is 5.69. The molecule has 6 nitrogen and oxygen atoms in total. The molecule has 1 atom stereocenters. The number of imidazole rings is 1. The summed E-state index contributed by atoms with van der Waals surface area (Å²) in [5, 5.41) is 5.98. The molecule has 7 heteroatoms. The van der Waals surface area contributed by atoms with Crippen LogP contribution in [0.3, 0.4) is 0 Å². The molecule has 1 amide bonds. The zero-order valence-electron chi connectivity index (χ0n) is 10.9. The van der Waals surface area contributed by atoms with Crippen molar-refractivity contribution >= 4 is 28.7 Å². The highest BCUT2D eigenvalue weighted by molar-refractivity contribution is 7.99. The van der Waals surface area contributed by atoms with E-state index in [4.69, 9.17) is 0 Å². The van der Waals surface area contributed by atoms with Gasteiger partial charge in [-0.25, -0.2) is 4.79 Å². The predicted octanol–water partition coefficient (Wildman–Crippen LogP) is 0.108. The topological polar surface area (TPSA) is 78.9 Å². The molecule has 3 N–H and O–H groups in total. The summed E-state index contributed by atoms with van der Waals surface area (Å²) in [5.74, 6) is 1.63. The highest BCUT2D eigenvalue weighted by Crippen LogP contribution is 2.10. The van der Waals surface area contributed by atoms with Gasteiger partial charge in [-0.05, 0) is 12.1 Å². The monoisotopic (exact) mass is 292 g/mol.